The van der Waals surface area contributed by atoms with Gasteiger partial charge in [-0.05, 0) is 103 Å². The van der Waals surface area contributed by atoms with E-state index in [-0.39, 0.29) is 19.1 Å². The highest BCUT2D eigenvalue weighted by molar-refractivity contribution is 7.47. The molecule has 9 heteroatoms. The van der Waals surface area contributed by atoms with Crippen molar-refractivity contribution in [2.24, 2.45) is 0 Å². The van der Waals surface area contributed by atoms with Gasteiger partial charge in [-0.2, -0.15) is 0 Å². The van der Waals surface area contributed by atoms with Crippen molar-refractivity contribution in [1.29, 1.82) is 0 Å². The highest BCUT2D eigenvalue weighted by Gasteiger charge is 2.28. The fourth-order valence-electron chi connectivity index (χ4n) is 10.4. The van der Waals surface area contributed by atoms with Crippen LogP contribution in [0.25, 0.3) is 0 Å². The Morgan fingerprint density at radius 1 is 0.393 bits per heavy atom. The Kier molecular flexibility index (Phi) is 66.4. The van der Waals surface area contributed by atoms with Crippen LogP contribution in [0.2, 0.25) is 0 Å². The zero-order chi connectivity index (χ0) is 64.8. The van der Waals surface area contributed by atoms with E-state index < -0.39 is 20.0 Å². The van der Waals surface area contributed by atoms with Crippen LogP contribution in [0.5, 0.6) is 0 Å². The molecule has 0 aliphatic heterocycles. The summed E-state index contributed by atoms with van der Waals surface area (Å²) in [5.74, 6) is -0.189. The van der Waals surface area contributed by atoms with E-state index in [0.717, 1.165) is 96.3 Å². The molecule has 0 aromatic rings. The molecule has 0 bridgehead atoms. The standard InChI is InChI=1S/C80H141N2O6P/c1-6-8-10-12-14-16-18-20-22-24-26-28-30-32-34-35-36-37-38-39-40-41-42-43-44-45-46-47-48-50-52-54-56-58-60-62-64-66-68-70-72-74-80(84)81-78(77-88-89(85,86)87-76-75-82(3,4)5)79(83)73-71-69-67-65-63-61-59-57-55-53-51-49-33-31-29-27-25-23-21-19-17-15-13-11-9-7-2/h8,10,14,16,20,22,26,28,32,34,36-37,39-40,42-43,45-46,63,65,71,73,78-79,83H,6-7,9,11-13,15,17-19,21,23-25,27,29-31,33,35,38,41,44,47-62,64,66-70,72,74-77H2,1-5H3,(H-,81,84,85,86)/p+1/b10-8-,16-14-,22-20-,28-26-,34-32-,37-36-,40-39-,43-42-,46-45-,65-63+,73-71+. The van der Waals surface area contributed by atoms with Gasteiger partial charge in [-0.3, -0.25) is 13.8 Å². The number of nitrogens with zero attached hydrogens (tertiary/aromatic N) is 1. The van der Waals surface area contributed by atoms with E-state index in [0.29, 0.717) is 17.4 Å². The molecular formula is C80H142N2O6P+. The summed E-state index contributed by atoms with van der Waals surface area (Å²) in [6.45, 7) is 4.70. The number of phosphoric acid groups is 1. The van der Waals surface area contributed by atoms with Crippen LogP contribution in [-0.2, 0) is 18.4 Å². The second kappa shape index (κ2) is 69.0. The minimum atomic E-state index is -4.37. The lowest BCUT2D eigenvalue weighted by Crippen LogP contribution is -2.45. The second-order valence-corrected chi connectivity index (χ2v) is 27.4. The van der Waals surface area contributed by atoms with E-state index in [1.54, 1.807) is 6.08 Å². The van der Waals surface area contributed by atoms with Gasteiger partial charge in [0.15, 0.2) is 0 Å². The Morgan fingerprint density at radius 2 is 0.685 bits per heavy atom. The molecule has 0 radical (unpaired) electrons. The first-order valence-corrected chi connectivity index (χ1v) is 38.6. The molecule has 0 fully saturated rings. The van der Waals surface area contributed by atoms with Gasteiger partial charge in [0.05, 0.1) is 39.9 Å². The van der Waals surface area contributed by atoms with Gasteiger partial charge in [0.1, 0.15) is 13.2 Å². The second-order valence-electron chi connectivity index (χ2n) is 25.9. The van der Waals surface area contributed by atoms with Gasteiger partial charge in [-0.25, -0.2) is 4.57 Å². The predicted molar refractivity (Wildman–Crippen MR) is 391 cm³/mol. The van der Waals surface area contributed by atoms with E-state index in [1.165, 1.54) is 199 Å². The SMILES string of the molecule is CC/C=C\C/C=C\C/C=C\C/C=C\C/C=C\C/C=C\C/C=C\C/C=C\C/C=C\CCCCCCCCCCCCCCCC(=O)NC(COP(=O)(O)OCC[N+](C)(C)C)C(O)/C=C/CC/C=C/CCCCCCCCCCCCCCCCCCCCCC. The summed E-state index contributed by atoms with van der Waals surface area (Å²) >= 11 is 0. The normalized spacial score (nSPS) is 14.4. The predicted octanol–water partition coefficient (Wildman–Crippen LogP) is 24.2. The number of amides is 1. The molecule has 8 nitrogen and oxygen atoms in total. The van der Waals surface area contributed by atoms with Crippen molar-refractivity contribution in [2.45, 2.75) is 328 Å². The molecule has 1 amide bonds. The van der Waals surface area contributed by atoms with Crippen LogP contribution < -0.4 is 5.32 Å². The number of carbonyl (C=O) groups excluding carboxylic acids is 1. The van der Waals surface area contributed by atoms with Crippen molar-refractivity contribution >= 4 is 13.7 Å². The van der Waals surface area contributed by atoms with Crippen LogP contribution >= 0.6 is 7.82 Å². The molecule has 0 saturated carbocycles. The number of allylic oxidation sites excluding steroid dienone is 21. The van der Waals surface area contributed by atoms with Crippen LogP contribution in [0.3, 0.4) is 0 Å². The molecule has 3 atom stereocenters. The quantitative estimate of drug-likeness (QED) is 0.0243. The molecular weight excluding hydrogens is 1120 g/mol. The van der Waals surface area contributed by atoms with Gasteiger partial charge in [0, 0.05) is 6.42 Å². The third-order valence-corrected chi connectivity index (χ3v) is 17.1. The lowest BCUT2D eigenvalue weighted by atomic mass is 10.0. The number of phosphoric ester groups is 1. The molecule has 89 heavy (non-hydrogen) atoms. The number of quaternary nitrogens is 1. The van der Waals surface area contributed by atoms with E-state index in [1.807, 2.05) is 27.2 Å². The summed E-state index contributed by atoms with van der Waals surface area (Å²) in [5, 5.41) is 14.0. The van der Waals surface area contributed by atoms with E-state index >= 15 is 0 Å². The van der Waals surface area contributed by atoms with Gasteiger partial charge in [0.25, 0.3) is 0 Å². The molecule has 0 aliphatic rings. The number of unbranched alkanes of at least 4 members (excludes halogenated alkanes) is 34. The van der Waals surface area contributed by atoms with Crippen molar-refractivity contribution in [2.75, 3.05) is 40.9 Å². The van der Waals surface area contributed by atoms with Crippen LogP contribution in [-0.4, -0.2) is 73.4 Å². The van der Waals surface area contributed by atoms with E-state index in [4.69, 9.17) is 9.05 Å². The van der Waals surface area contributed by atoms with Crippen LogP contribution in [0.4, 0.5) is 0 Å². The number of hydrogen-bond acceptors (Lipinski definition) is 5. The fraction of sp³-hybridized carbons (Fsp3) is 0.713. The molecule has 0 saturated heterocycles. The van der Waals surface area contributed by atoms with Gasteiger partial charge in [-0.1, -0.05) is 340 Å². The number of aliphatic hydroxyl groups excluding tert-OH is 1. The summed E-state index contributed by atoms with van der Waals surface area (Å²) in [5.41, 5.74) is 0. The summed E-state index contributed by atoms with van der Waals surface area (Å²) in [4.78, 5) is 23.4. The van der Waals surface area contributed by atoms with Gasteiger partial charge < -0.3 is 19.8 Å². The molecule has 512 valence electrons. The maximum atomic E-state index is 13.1. The van der Waals surface area contributed by atoms with Crippen LogP contribution in [0, 0.1) is 0 Å². The summed E-state index contributed by atoms with van der Waals surface area (Å²) < 4.78 is 23.8. The first-order chi connectivity index (χ1) is 43.5. The number of nitrogens with one attached hydrogen (secondary N) is 1. The minimum absolute atomic E-state index is 0.0514. The van der Waals surface area contributed by atoms with E-state index in [9.17, 15) is 19.4 Å². The van der Waals surface area contributed by atoms with Gasteiger partial charge in [-0.15, -0.1) is 0 Å². The Bertz CT molecular complexity index is 1920. The lowest BCUT2D eigenvalue weighted by molar-refractivity contribution is -0.870. The number of likely N-dealkylation sites (N-methyl/N-ethyl adjacent to an activating group) is 1. The average molecular weight is 1260 g/mol. The maximum absolute atomic E-state index is 13.1. The molecule has 0 aromatic carbocycles. The summed E-state index contributed by atoms with van der Waals surface area (Å²) in [6, 6.07) is -0.874. The van der Waals surface area contributed by atoms with Gasteiger partial charge in [0.2, 0.25) is 5.91 Å². The molecule has 0 spiro atoms. The Morgan fingerprint density at radius 3 is 1.03 bits per heavy atom. The third kappa shape index (κ3) is 71.9. The Hall–Kier alpha value is -3.36. The number of hydrogen-bond donors (Lipinski definition) is 3. The lowest BCUT2D eigenvalue weighted by Gasteiger charge is -2.25. The maximum Gasteiger partial charge on any atom is 0.472 e. The average Bonchev–Trinajstić information content (AvgIpc) is 3.61. The molecule has 0 heterocycles. The summed E-state index contributed by atoms with van der Waals surface area (Å²) in [6.07, 6.45) is 105. The fourth-order valence-corrected chi connectivity index (χ4v) is 11.1. The smallest absolute Gasteiger partial charge is 0.387 e. The summed E-state index contributed by atoms with van der Waals surface area (Å²) in [7, 11) is 1.55. The van der Waals surface area contributed by atoms with Crippen LogP contribution in [0.1, 0.15) is 316 Å². The highest BCUT2D eigenvalue weighted by Crippen LogP contribution is 2.43. The highest BCUT2D eigenvalue weighted by atomic mass is 31.2. The number of rotatable bonds is 67. The first-order valence-electron chi connectivity index (χ1n) is 37.1. The van der Waals surface area contributed by atoms with Crippen molar-refractivity contribution in [1.82, 2.24) is 5.32 Å². The monoisotopic (exact) mass is 1260 g/mol. The Labute approximate surface area is 551 Å². The third-order valence-electron chi connectivity index (χ3n) is 16.1. The molecule has 3 unspecified atom stereocenters. The number of aliphatic hydroxyl groups is 1. The molecule has 0 aromatic heterocycles. The Balaban J connectivity index is 4.09. The van der Waals surface area contributed by atoms with Crippen molar-refractivity contribution in [3.05, 3.63) is 134 Å². The molecule has 0 aliphatic carbocycles. The van der Waals surface area contributed by atoms with E-state index in [2.05, 4.69) is 141 Å². The zero-order valence-corrected chi connectivity index (χ0v) is 59.5. The first kappa shape index (κ1) is 85.6. The van der Waals surface area contributed by atoms with Crippen molar-refractivity contribution < 1.29 is 32.9 Å². The van der Waals surface area contributed by atoms with Crippen molar-refractivity contribution in [3.8, 4) is 0 Å². The zero-order valence-electron chi connectivity index (χ0n) is 58.6. The minimum Gasteiger partial charge on any atom is -0.387 e. The molecule has 3 N–H and O–H groups in total. The molecule has 0 rings (SSSR count). The number of carbonyl (C=O) groups is 1. The largest absolute Gasteiger partial charge is 0.472 e. The van der Waals surface area contributed by atoms with Crippen LogP contribution in [0.15, 0.2) is 134 Å². The topological polar surface area (TPSA) is 105 Å². The van der Waals surface area contributed by atoms with Crippen molar-refractivity contribution in [3.63, 3.8) is 0 Å². The van der Waals surface area contributed by atoms with Gasteiger partial charge >= 0.3 is 7.82 Å².